The summed E-state index contributed by atoms with van der Waals surface area (Å²) in [6, 6.07) is 1.66. The second kappa shape index (κ2) is 9.48. The van der Waals surface area contributed by atoms with Gasteiger partial charge in [0.05, 0.1) is 26.3 Å². The second-order valence-corrected chi connectivity index (χ2v) is 4.85. The number of nitrogens with two attached hydrogens (primary N) is 1. The third kappa shape index (κ3) is 5.03. The zero-order valence-corrected chi connectivity index (χ0v) is 14.1. The molecule has 0 saturated carbocycles. The van der Waals surface area contributed by atoms with Crippen LogP contribution in [-0.4, -0.2) is 26.2 Å². The standard InChI is InChI=1S/C15H23FN2O3.ClH/c1-5-6-12(17)15(19)18-9(2)10-7-13(20-3)14(21-4)8-11(10)16;/h7-9,12H,5-6,17H2,1-4H3,(H,18,19);1H. The predicted octanol–water partition coefficient (Wildman–Crippen LogP) is 2.57. The van der Waals surface area contributed by atoms with Crippen molar-refractivity contribution in [1.29, 1.82) is 0 Å². The van der Waals surface area contributed by atoms with Crippen molar-refractivity contribution in [3.05, 3.63) is 23.5 Å². The Bertz CT molecular complexity index is 500. The summed E-state index contributed by atoms with van der Waals surface area (Å²) >= 11 is 0. The van der Waals surface area contributed by atoms with Crippen LogP contribution in [0.15, 0.2) is 12.1 Å². The van der Waals surface area contributed by atoms with E-state index in [1.807, 2.05) is 6.92 Å². The highest BCUT2D eigenvalue weighted by atomic mass is 35.5. The quantitative estimate of drug-likeness (QED) is 0.803. The maximum atomic E-state index is 14.1. The first kappa shape index (κ1) is 20.5. The molecule has 1 amide bonds. The number of carbonyl (C=O) groups excluding carboxylic acids is 1. The number of hydrogen-bond acceptors (Lipinski definition) is 4. The van der Waals surface area contributed by atoms with Gasteiger partial charge in [0.1, 0.15) is 5.82 Å². The van der Waals surface area contributed by atoms with Gasteiger partial charge < -0.3 is 20.5 Å². The molecule has 5 nitrogen and oxygen atoms in total. The molecule has 1 aromatic rings. The fourth-order valence-electron chi connectivity index (χ4n) is 2.04. The molecule has 0 saturated heterocycles. The fraction of sp³-hybridized carbons (Fsp3) is 0.533. The molecule has 1 aromatic carbocycles. The van der Waals surface area contributed by atoms with Crippen LogP contribution >= 0.6 is 12.4 Å². The van der Waals surface area contributed by atoms with Crippen molar-refractivity contribution < 1.29 is 18.7 Å². The topological polar surface area (TPSA) is 73.6 Å². The smallest absolute Gasteiger partial charge is 0.237 e. The molecule has 126 valence electrons. The lowest BCUT2D eigenvalue weighted by Crippen LogP contribution is -2.41. The predicted molar refractivity (Wildman–Crippen MR) is 86.2 cm³/mol. The Morgan fingerprint density at radius 2 is 1.86 bits per heavy atom. The molecule has 2 unspecified atom stereocenters. The third-order valence-electron chi connectivity index (χ3n) is 3.26. The van der Waals surface area contributed by atoms with Crippen molar-refractivity contribution in [2.24, 2.45) is 5.73 Å². The summed E-state index contributed by atoms with van der Waals surface area (Å²) in [4.78, 5) is 11.9. The first-order valence-corrected chi connectivity index (χ1v) is 6.91. The molecule has 0 aliphatic carbocycles. The van der Waals surface area contributed by atoms with Gasteiger partial charge in [-0.3, -0.25) is 4.79 Å². The Kier molecular flexibility index (Phi) is 8.82. The molecule has 0 radical (unpaired) electrons. The number of ether oxygens (including phenoxy) is 2. The number of benzene rings is 1. The number of halogens is 2. The van der Waals surface area contributed by atoms with E-state index in [4.69, 9.17) is 15.2 Å². The van der Waals surface area contributed by atoms with Crippen molar-refractivity contribution >= 4 is 18.3 Å². The van der Waals surface area contributed by atoms with Gasteiger partial charge in [-0.2, -0.15) is 0 Å². The Labute approximate surface area is 136 Å². The number of hydrogen-bond donors (Lipinski definition) is 2. The minimum Gasteiger partial charge on any atom is -0.493 e. The lowest BCUT2D eigenvalue weighted by atomic mass is 10.1. The van der Waals surface area contributed by atoms with E-state index < -0.39 is 17.9 Å². The molecule has 2 atom stereocenters. The summed E-state index contributed by atoms with van der Waals surface area (Å²) in [6.07, 6.45) is 1.40. The normalized spacial score (nSPS) is 12.8. The molecule has 0 fully saturated rings. The Morgan fingerprint density at radius 3 is 2.36 bits per heavy atom. The zero-order valence-electron chi connectivity index (χ0n) is 13.3. The molecular weight excluding hydrogens is 311 g/mol. The molecule has 3 N–H and O–H groups in total. The molecule has 1 rings (SSSR count). The third-order valence-corrected chi connectivity index (χ3v) is 3.26. The Balaban J connectivity index is 0.00000441. The van der Waals surface area contributed by atoms with E-state index in [1.54, 1.807) is 6.92 Å². The van der Waals surface area contributed by atoms with Crippen molar-refractivity contribution in [1.82, 2.24) is 5.32 Å². The van der Waals surface area contributed by atoms with Crippen LogP contribution in [-0.2, 0) is 4.79 Å². The number of carbonyl (C=O) groups is 1. The van der Waals surface area contributed by atoms with Crippen LogP contribution in [0.25, 0.3) is 0 Å². The maximum Gasteiger partial charge on any atom is 0.237 e. The van der Waals surface area contributed by atoms with Crippen LogP contribution < -0.4 is 20.5 Å². The molecule has 7 heteroatoms. The summed E-state index contributed by atoms with van der Waals surface area (Å²) in [5.74, 6) is -0.0455. The van der Waals surface area contributed by atoms with Crippen LogP contribution in [0.1, 0.15) is 38.3 Å². The molecule has 0 aliphatic heterocycles. The van der Waals surface area contributed by atoms with Gasteiger partial charge >= 0.3 is 0 Å². The second-order valence-electron chi connectivity index (χ2n) is 4.85. The Morgan fingerprint density at radius 1 is 1.32 bits per heavy atom. The largest absolute Gasteiger partial charge is 0.493 e. The average molecular weight is 335 g/mol. The molecular formula is C15H24ClFN2O3. The summed E-state index contributed by atoms with van der Waals surface area (Å²) in [5, 5.41) is 2.71. The van der Waals surface area contributed by atoms with Gasteiger partial charge in [-0.1, -0.05) is 13.3 Å². The lowest BCUT2D eigenvalue weighted by molar-refractivity contribution is -0.123. The fourth-order valence-corrected chi connectivity index (χ4v) is 2.04. The van der Waals surface area contributed by atoms with Crippen molar-refractivity contribution in [2.75, 3.05) is 14.2 Å². The molecule has 0 bridgehead atoms. The number of nitrogens with one attached hydrogen (secondary N) is 1. The molecule has 0 heterocycles. The molecule has 0 aliphatic rings. The van der Waals surface area contributed by atoms with Crippen LogP contribution in [0.4, 0.5) is 4.39 Å². The Hall–Kier alpha value is -1.53. The van der Waals surface area contributed by atoms with E-state index in [1.165, 1.54) is 26.4 Å². The van der Waals surface area contributed by atoms with Gasteiger partial charge in [-0.15, -0.1) is 12.4 Å². The molecule has 0 aromatic heterocycles. The van der Waals surface area contributed by atoms with Gasteiger partial charge in [0.15, 0.2) is 11.5 Å². The van der Waals surface area contributed by atoms with E-state index >= 15 is 0 Å². The van der Waals surface area contributed by atoms with E-state index in [0.29, 0.717) is 23.5 Å². The summed E-state index contributed by atoms with van der Waals surface area (Å²) < 4.78 is 24.3. The van der Waals surface area contributed by atoms with Crippen LogP contribution in [0, 0.1) is 5.82 Å². The maximum absolute atomic E-state index is 14.1. The van der Waals surface area contributed by atoms with Gasteiger partial charge in [0.25, 0.3) is 0 Å². The highest BCUT2D eigenvalue weighted by Gasteiger charge is 2.20. The SMILES string of the molecule is CCCC(N)C(=O)NC(C)c1cc(OC)c(OC)cc1F.Cl. The van der Waals surface area contributed by atoms with Crippen molar-refractivity contribution in [2.45, 2.75) is 38.8 Å². The van der Waals surface area contributed by atoms with Gasteiger partial charge in [-0.05, 0) is 19.4 Å². The zero-order chi connectivity index (χ0) is 16.0. The first-order chi connectivity index (χ1) is 9.94. The van der Waals surface area contributed by atoms with E-state index in [0.717, 1.165) is 6.42 Å². The number of amides is 1. The van der Waals surface area contributed by atoms with Crippen molar-refractivity contribution in [3.63, 3.8) is 0 Å². The number of methoxy groups -OCH3 is 2. The van der Waals surface area contributed by atoms with E-state index in [2.05, 4.69) is 5.32 Å². The number of rotatable bonds is 7. The van der Waals surface area contributed by atoms with Crippen LogP contribution in [0.2, 0.25) is 0 Å². The van der Waals surface area contributed by atoms with Gasteiger partial charge in [-0.25, -0.2) is 4.39 Å². The minimum atomic E-state index is -0.583. The van der Waals surface area contributed by atoms with E-state index in [-0.39, 0.29) is 18.3 Å². The van der Waals surface area contributed by atoms with Crippen LogP contribution in [0.5, 0.6) is 11.5 Å². The van der Waals surface area contributed by atoms with Crippen molar-refractivity contribution in [3.8, 4) is 11.5 Å². The van der Waals surface area contributed by atoms with Gasteiger partial charge in [0.2, 0.25) is 5.91 Å². The highest BCUT2D eigenvalue weighted by molar-refractivity contribution is 5.85. The van der Waals surface area contributed by atoms with Gasteiger partial charge in [0, 0.05) is 11.6 Å². The highest BCUT2D eigenvalue weighted by Crippen LogP contribution is 2.32. The monoisotopic (exact) mass is 334 g/mol. The minimum absolute atomic E-state index is 0. The summed E-state index contributed by atoms with van der Waals surface area (Å²) in [7, 11) is 2.91. The first-order valence-electron chi connectivity index (χ1n) is 6.91. The summed E-state index contributed by atoms with van der Waals surface area (Å²) in [6.45, 7) is 3.64. The average Bonchev–Trinajstić information content (AvgIpc) is 2.46. The van der Waals surface area contributed by atoms with E-state index in [9.17, 15) is 9.18 Å². The lowest BCUT2D eigenvalue weighted by Gasteiger charge is -2.19. The molecule has 22 heavy (non-hydrogen) atoms. The summed E-state index contributed by atoms with van der Waals surface area (Å²) in [5.41, 5.74) is 6.07. The van der Waals surface area contributed by atoms with Crippen LogP contribution in [0.3, 0.4) is 0 Å². The molecule has 0 spiro atoms.